The minimum Gasteiger partial charge on any atom is -0.366 e. The highest BCUT2D eigenvalue weighted by molar-refractivity contribution is 9.10. The second-order valence-corrected chi connectivity index (χ2v) is 6.69. The van der Waals surface area contributed by atoms with Crippen molar-refractivity contribution in [1.29, 1.82) is 0 Å². The molecule has 0 atom stereocenters. The summed E-state index contributed by atoms with van der Waals surface area (Å²) in [7, 11) is 0. The third kappa shape index (κ3) is 2.39. The van der Waals surface area contributed by atoms with E-state index in [4.69, 9.17) is 5.73 Å². The number of halogens is 1. The van der Waals surface area contributed by atoms with Gasteiger partial charge in [-0.1, -0.05) is 64.5 Å². The van der Waals surface area contributed by atoms with Crippen molar-refractivity contribution in [3.63, 3.8) is 0 Å². The largest absolute Gasteiger partial charge is 0.366 e. The lowest BCUT2D eigenvalue weighted by atomic mass is 10.0. The Kier molecular flexibility index (Phi) is 3.62. The number of hydrogen-bond acceptors (Lipinski definition) is 1. The summed E-state index contributed by atoms with van der Waals surface area (Å²) in [6.45, 7) is 0. The zero-order valence-corrected chi connectivity index (χ0v) is 14.4. The smallest absolute Gasteiger partial charge is 0.250 e. The SMILES string of the molecule is NC(=O)c1ccc(Br)c2c1[nH]c1c(Cc3ccccc3)cccc12. The number of aromatic amines is 1. The normalized spacial score (nSPS) is 11.2. The van der Waals surface area contributed by atoms with E-state index in [-0.39, 0.29) is 0 Å². The number of benzene rings is 3. The number of fused-ring (bicyclic) bond motifs is 3. The number of nitrogens with one attached hydrogen (secondary N) is 1. The van der Waals surface area contributed by atoms with Crippen molar-refractivity contribution in [2.45, 2.75) is 6.42 Å². The molecule has 1 aromatic heterocycles. The molecule has 0 bridgehead atoms. The van der Waals surface area contributed by atoms with Crippen molar-refractivity contribution in [1.82, 2.24) is 4.98 Å². The van der Waals surface area contributed by atoms with Gasteiger partial charge < -0.3 is 10.7 Å². The summed E-state index contributed by atoms with van der Waals surface area (Å²) in [4.78, 5) is 15.2. The average molecular weight is 379 g/mol. The van der Waals surface area contributed by atoms with Crippen LogP contribution in [-0.4, -0.2) is 10.9 Å². The third-order valence-corrected chi connectivity index (χ3v) is 4.99. The highest BCUT2D eigenvalue weighted by Gasteiger charge is 2.16. The van der Waals surface area contributed by atoms with E-state index in [1.54, 1.807) is 6.07 Å². The van der Waals surface area contributed by atoms with Gasteiger partial charge in [0.25, 0.3) is 5.91 Å². The van der Waals surface area contributed by atoms with Crippen LogP contribution in [-0.2, 0) is 6.42 Å². The summed E-state index contributed by atoms with van der Waals surface area (Å²) < 4.78 is 0.950. The van der Waals surface area contributed by atoms with Crippen LogP contribution >= 0.6 is 15.9 Å². The Hall–Kier alpha value is -2.59. The van der Waals surface area contributed by atoms with Gasteiger partial charge >= 0.3 is 0 Å². The summed E-state index contributed by atoms with van der Waals surface area (Å²) in [5.74, 6) is -0.427. The average Bonchev–Trinajstić information content (AvgIpc) is 2.97. The van der Waals surface area contributed by atoms with E-state index >= 15 is 0 Å². The Morgan fingerprint density at radius 3 is 2.50 bits per heavy atom. The minimum atomic E-state index is -0.427. The summed E-state index contributed by atoms with van der Waals surface area (Å²) in [5, 5.41) is 2.09. The van der Waals surface area contributed by atoms with Crippen LogP contribution in [0.2, 0.25) is 0 Å². The van der Waals surface area contributed by atoms with Gasteiger partial charge in [0.05, 0.1) is 16.6 Å². The second kappa shape index (κ2) is 5.80. The molecule has 1 amide bonds. The van der Waals surface area contributed by atoms with Gasteiger partial charge in [-0.2, -0.15) is 0 Å². The van der Waals surface area contributed by atoms with E-state index < -0.39 is 5.91 Å². The van der Waals surface area contributed by atoms with Crippen molar-refractivity contribution in [3.05, 3.63) is 81.8 Å². The van der Waals surface area contributed by atoms with Gasteiger partial charge in [0.15, 0.2) is 0 Å². The molecular formula is C20H15BrN2O. The first-order valence-electron chi connectivity index (χ1n) is 7.70. The fraction of sp³-hybridized carbons (Fsp3) is 0.0500. The number of rotatable bonds is 3. The number of H-pyrrole nitrogens is 1. The molecule has 0 aliphatic heterocycles. The molecule has 118 valence electrons. The fourth-order valence-corrected chi connectivity index (χ4v) is 3.76. The van der Waals surface area contributed by atoms with Gasteiger partial charge in [-0.3, -0.25) is 4.79 Å². The number of primary amides is 1. The van der Waals surface area contributed by atoms with Crippen LogP contribution in [0.1, 0.15) is 21.5 Å². The molecule has 0 saturated carbocycles. The number of carbonyl (C=O) groups is 1. The molecule has 4 rings (SSSR count). The van der Waals surface area contributed by atoms with Gasteiger partial charge in [-0.15, -0.1) is 0 Å². The Bertz CT molecular complexity index is 1070. The lowest BCUT2D eigenvalue weighted by Crippen LogP contribution is -2.11. The van der Waals surface area contributed by atoms with E-state index in [0.717, 1.165) is 32.7 Å². The molecule has 0 aliphatic carbocycles. The molecule has 3 nitrogen and oxygen atoms in total. The zero-order chi connectivity index (χ0) is 16.7. The third-order valence-electron chi connectivity index (χ3n) is 4.33. The van der Waals surface area contributed by atoms with Gasteiger partial charge in [0, 0.05) is 15.2 Å². The quantitative estimate of drug-likeness (QED) is 0.529. The first kappa shape index (κ1) is 15.0. The first-order valence-corrected chi connectivity index (χ1v) is 8.50. The van der Waals surface area contributed by atoms with Crippen LogP contribution in [0.25, 0.3) is 21.8 Å². The number of hydrogen-bond donors (Lipinski definition) is 2. The Labute approximate surface area is 147 Å². The fourth-order valence-electron chi connectivity index (χ4n) is 3.22. The van der Waals surface area contributed by atoms with Crippen LogP contribution in [0, 0.1) is 0 Å². The summed E-state index contributed by atoms with van der Waals surface area (Å²) >= 11 is 3.60. The van der Waals surface area contributed by atoms with Crippen LogP contribution in [0.3, 0.4) is 0 Å². The molecule has 3 N–H and O–H groups in total. The lowest BCUT2D eigenvalue weighted by molar-refractivity contribution is 0.100. The summed E-state index contributed by atoms with van der Waals surface area (Å²) in [5.41, 5.74) is 10.3. The Morgan fingerprint density at radius 1 is 0.958 bits per heavy atom. The molecule has 0 aliphatic rings. The minimum absolute atomic E-state index is 0.427. The summed E-state index contributed by atoms with van der Waals surface area (Å²) in [6, 6.07) is 20.2. The van der Waals surface area contributed by atoms with Gasteiger partial charge in [-0.05, 0) is 29.7 Å². The predicted molar refractivity (Wildman–Crippen MR) is 101 cm³/mol. The molecule has 0 spiro atoms. The molecule has 4 aromatic rings. The van der Waals surface area contributed by atoms with Gasteiger partial charge in [0.2, 0.25) is 0 Å². The van der Waals surface area contributed by atoms with Crippen LogP contribution in [0.5, 0.6) is 0 Å². The summed E-state index contributed by atoms with van der Waals surface area (Å²) in [6.07, 6.45) is 0.828. The molecule has 4 heteroatoms. The number of nitrogens with two attached hydrogens (primary N) is 1. The van der Waals surface area contributed by atoms with Crippen LogP contribution in [0.15, 0.2) is 65.1 Å². The maximum absolute atomic E-state index is 11.8. The maximum atomic E-state index is 11.8. The highest BCUT2D eigenvalue weighted by Crippen LogP contribution is 2.35. The molecule has 0 unspecified atom stereocenters. The van der Waals surface area contributed by atoms with E-state index in [0.29, 0.717) is 5.56 Å². The van der Waals surface area contributed by atoms with Crippen molar-refractivity contribution in [2.24, 2.45) is 5.73 Å². The Balaban J connectivity index is 1.99. The maximum Gasteiger partial charge on any atom is 0.250 e. The zero-order valence-electron chi connectivity index (χ0n) is 12.8. The Morgan fingerprint density at radius 2 is 1.75 bits per heavy atom. The number of aromatic nitrogens is 1. The first-order chi connectivity index (χ1) is 11.6. The molecule has 1 heterocycles. The second-order valence-electron chi connectivity index (χ2n) is 5.84. The molecule has 0 saturated heterocycles. The topological polar surface area (TPSA) is 58.9 Å². The van der Waals surface area contributed by atoms with E-state index in [9.17, 15) is 4.79 Å². The van der Waals surface area contributed by atoms with Crippen molar-refractivity contribution in [2.75, 3.05) is 0 Å². The van der Waals surface area contributed by atoms with Crippen molar-refractivity contribution >= 4 is 43.6 Å². The van der Waals surface area contributed by atoms with Gasteiger partial charge in [0.1, 0.15) is 0 Å². The standard InChI is InChI=1S/C20H15BrN2O/c21-16-10-9-15(20(22)24)19-17(16)14-8-4-7-13(18(14)23-19)11-12-5-2-1-3-6-12/h1-10,23H,11H2,(H2,22,24). The molecule has 24 heavy (non-hydrogen) atoms. The molecular weight excluding hydrogens is 364 g/mol. The monoisotopic (exact) mass is 378 g/mol. The predicted octanol–water partition coefficient (Wildman–Crippen LogP) is 4.77. The highest BCUT2D eigenvalue weighted by atomic mass is 79.9. The van der Waals surface area contributed by atoms with E-state index in [1.165, 1.54) is 11.1 Å². The number of amides is 1. The van der Waals surface area contributed by atoms with Crippen LogP contribution < -0.4 is 5.73 Å². The van der Waals surface area contributed by atoms with E-state index in [2.05, 4.69) is 51.2 Å². The molecule has 3 aromatic carbocycles. The van der Waals surface area contributed by atoms with E-state index in [1.807, 2.05) is 24.3 Å². The van der Waals surface area contributed by atoms with Crippen molar-refractivity contribution < 1.29 is 4.79 Å². The number of para-hydroxylation sites is 1. The van der Waals surface area contributed by atoms with Gasteiger partial charge in [-0.25, -0.2) is 0 Å². The number of carbonyl (C=O) groups excluding carboxylic acids is 1. The van der Waals surface area contributed by atoms with Crippen molar-refractivity contribution in [3.8, 4) is 0 Å². The lowest BCUT2D eigenvalue weighted by Gasteiger charge is -2.04. The van der Waals surface area contributed by atoms with Crippen LogP contribution in [0.4, 0.5) is 0 Å². The molecule has 0 fully saturated rings. The molecule has 0 radical (unpaired) electrons.